The molecule has 0 bridgehead atoms. The average Bonchev–Trinajstić information content (AvgIpc) is 2.90. The van der Waals surface area contributed by atoms with E-state index in [0.29, 0.717) is 11.6 Å². The Balaban J connectivity index is 1.80. The molecule has 1 aromatic carbocycles. The molecule has 0 unspecified atom stereocenters. The minimum Gasteiger partial charge on any atom is -0.364 e. The van der Waals surface area contributed by atoms with Gasteiger partial charge < -0.3 is 9.88 Å². The van der Waals surface area contributed by atoms with Crippen molar-refractivity contribution in [2.45, 2.75) is 13.5 Å². The molecule has 0 aliphatic heterocycles. The number of aromatic nitrogens is 3. The summed E-state index contributed by atoms with van der Waals surface area (Å²) >= 11 is 6.23. The highest BCUT2D eigenvalue weighted by atomic mass is 35.5. The normalized spacial score (nSPS) is 10.7. The maximum atomic E-state index is 11.6. The van der Waals surface area contributed by atoms with Crippen molar-refractivity contribution in [3.05, 3.63) is 75.3 Å². The van der Waals surface area contributed by atoms with E-state index in [2.05, 4.69) is 10.4 Å². The summed E-state index contributed by atoms with van der Waals surface area (Å²) in [5, 5.41) is 8.42. The van der Waals surface area contributed by atoms with Gasteiger partial charge in [0.25, 0.3) is 5.56 Å². The molecular weight excluding hydrogens is 312 g/mol. The van der Waals surface area contributed by atoms with E-state index in [1.165, 1.54) is 0 Å². The van der Waals surface area contributed by atoms with E-state index in [0.717, 1.165) is 22.8 Å². The van der Waals surface area contributed by atoms with Crippen LogP contribution in [-0.4, -0.2) is 14.3 Å². The lowest BCUT2D eigenvalue weighted by Crippen LogP contribution is -2.16. The molecule has 0 aliphatic carbocycles. The van der Waals surface area contributed by atoms with E-state index in [1.807, 2.05) is 43.3 Å². The smallest absolute Gasteiger partial charge is 0.250 e. The second-order valence-electron chi connectivity index (χ2n) is 5.37. The average molecular weight is 329 g/mol. The van der Waals surface area contributed by atoms with Gasteiger partial charge in [0.2, 0.25) is 0 Å². The second-order valence-corrected chi connectivity index (χ2v) is 5.78. The first kappa shape index (κ1) is 15.4. The summed E-state index contributed by atoms with van der Waals surface area (Å²) in [6.07, 6.45) is 1.76. The maximum absolute atomic E-state index is 11.6. The van der Waals surface area contributed by atoms with Crippen molar-refractivity contribution in [1.82, 2.24) is 14.3 Å². The van der Waals surface area contributed by atoms with E-state index in [-0.39, 0.29) is 5.56 Å². The molecule has 0 atom stereocenters. The summed E-state index contributed by atoms with van der Waals surface area (Å²) in [6, 6.07) is 13.1. The quantitative estimate of drug-likeness (QED) is 0.800. The Labute approximate surface area is 139 Å². The number of para-hydroxylation sites is 1. The minimum absolute atomic E-state index is 0.0259. The topological polar surface area (TPSA) is 51.9 Å². The van der Waals surface area contributed by atoms with Crippen molar-refractivity contribution in [2.24, 2.45) is 7.05 Å². The summed E-state index contributed by atoms with van der Waals surface area (Å²) < 4.78 is 3.34. The molecule has 23 heavy (non-hydrogen) atoms. The van der Waals surface area contributed by atoms with Crippen molar-refractivity contribution in [1.29, 1.82) is 0 Å². The highest BCUT2D eigenvalue weighted by Crippen LogP contribution is 2.22. The van der Waals surface area contributed by atoms with Crippen LogP contribution in [0.3, 0.4) is 0 Å². The van der Waals surface area contributed by atoms with E-state index in [1.54, 1.807) is 28.6 Å². The molecule has 0 fully saturated rings. The van der Waals surface area contributed by atoms with Crippen molar-refractivity contribution in [3.8, 4) is 5.69 Å². The summed E-state index contributed by atoms with van der Waals surface area (Å²) in [5.41, 5.74) is 2.71. The zero-order valence-corrected chi connectivity index (χ0v) is 13.7. The molecule has 6 heteroatoms. The maximum Gasteiger partial charge on any atom is 0.250 e. The highest BCUT2D eigenvalue weighted by molar-refractivity contribution is 6.32. The summed E-state index contributed by atoms with van der Waals surface area (Å²) in [7, 11) is 1.73. The molecule has 2 heterocycles. The molecule has 118 valence electrons. The van der Waals surface area contributed by atoms with Gasteiger partial charge in [0.15, 0.2) is 0 Å². The number of aryl methyl sites for hydroxylation is 2. The van der Waals surface area contributed by atoms with Gasteiger partial charge in [-0.2, -0.15) is 5.10 Å². The largest absolute Gasteiger partial charge is 0.364 e. The lowest BCUT2D eigenvalue weighted by molar-refractivity contribution is 0.841. The van der Waals surface area contributed by atoms with Gasteiger partial charge in [-0.05, 0) is 30.7 Å². The third-order valence-corrected chi connectivity index (χ3v) is 3.93. The van der Waals surface area contributed by atoms with Crippen LogP contribution in [0.4, 0.5) is 5.82 Å². The van der Waals surface area contributed by atoms with Crippen LogP contribution in [0.2, 0.25) is 5.02 Å². The third-order valence-electron chi connectivity index (χ3n) is 3.61. The number of hydrogen-bond donors (Lipinski definition) is 1. The van der Waals surface area contributed by atoms with Crippen LogP contribution in [0.25, 0.3) is 5.69 Å². The molecule has 0 saturated heterocycles. The zero-order chi connectivity index (χ0) is 16.4. The van der Waals surface area contributed by atoms with Gasteiger partial charge in [-0.25, -0.2) is 4.68 Å². The predicted octanol–water partition coefficient (Wildman–Crippen LogP) is 3.14. The number of hydrogen-bond acceptors (Lipinski definition) is 3. The Morgan fingerprint density at radius 2 is 2.00 bits per heavy atom. The summed E-state index contributed by atoms with van der Waals surface area (Å²) in [4.78, 5) is 11.6. The van der Waals surface area contributed by atoms with Crippen LogP contribution < -0.4 is 10.9 Å². The van der Waals surface area contributed by atoms with Gasteiger partial charge in [-0.3, -0.25) is 4.79 Å². The SMILES string of the molecule is Cc1cc(NCc2ccn(C)c(=O)c2)nn1-c1ccccc1Cl. The monoisotopic (exact) mass is 328 g/mol. The molecule has 0 saturated carbocycles. The number of benzene rings is 1. The number of nitrogens with zero attached hydrogens (tertiary/aromatic N) is 3. The van der Waals surface area contributed by atoms with Gasteiger partial charge >= 0.3 is 0 Å². The molecule has 0 radical (unpaired) electrons. The molecule has 5 nitrogen and oxygen atoms in total. The summed E-state index contributed by atoms with van der Waals surface area (Å²) in [5.74, 6) is 0.739. The summed E-state index contributed by atoms with van der Waals surface area (Å²) in [6.45, 7) is 2.51. The number of anilines is 1. The standard InChI is InChI=1S/C17H17ClN4O/c1-12-9-16(19-11-13-7-8-21(2)17(23)10-13)20-22(12)15-6-4-3-5-14(15)18/h3-10H,11H2,1-2H3,(H,19,20). The Kier molecular flexibility index (Phi) is 4.21. The van der Waals surface area contributed by atoms with Crippen molar-refractivity contribution >= 4 is 17.4 Å². The van der Waals surface area contributed by atoms with Crippen LogP contribution in [0.1, 0.15) is 11.3 Å². The van der Waals surface area contributed by atoms with E-state index in [4.69, 9.17) is 11.6 Å². The first-order valence-electron chi connectivity index (χ1n) is 7.25. The molecule has 0 aliphatic rings. The fraction of sp³-hybridized carbons (Fsp3) is 0.176. The molecule has 3 aromatic rings. The van der Waals surface area contributed by atoms with Gasteiger partial charge in [0.05, 0.1) is 10.7 Å². The first-order valence-corrected chi connectivity index (χ1v) is 7.63. The van der Waals surface area contributed by atoms with Crippen molar-refractivity contribution in [3.63, 3.8) is 0 Å². The molecule has 1 N–H and O–H groups in total. The number of nitrogens with one attached hydrogen (secondary N) is 1. The van der Waals surface area contributed by atoms with Crippen LogP contribution in [0, 0.1) is 6.92 Å². The fourth-order valence-corrected chi connectivity index (χ4v) is 2.54. The van der Waals surface area contributed by atoms with E-state index >= 15 is 0 Å². The third kappa shape index (κ3) is 3.29. The number of pyridine rings is 1. The van der Waals surface area contributed by atoms with Crippen LogP contribution in [0.15, 0.2) is 53.5 Å². The molecule has 0 spiro atoms. The molecular formula is C17H17ClN4O. The number of rotatable bonds is 4. The van der Waals surface area contributed by atoms with Crippen LogP contribution >= 0.6 is 11.6 Å². The Morgan fingerprint density at radius 1 is 1.22 bits per heavy atom. The molecule has 3 rings (SSSR count). The van der Waals surface area contributed by atoms with Gasteiger partial charge in [-0.1, -0.05) is 23.7 Å². The number of halogens is 1. The van der Waals surface area contributed by atoms with Crippen molar-refractivity contribution in [2.75, 3.05) is 5.32 Å². The van der Waals surface area contributed by atoms with E-state index < -0.39 is 0 Å². The fourth-order valence-electron chi connectivity index (χ4n) is 2.32. The Morgan fingerprint density at radius 3 is 2.74 bits per heavy atom. The zero-order valence-electron chi connectivity index (χ0n) is 13.0. The predicted molar refractivity (Wildman–Crippen MR) is 92.3 cm³/mol. The second kappa shape index (κ2) is 6.30. The highest BCUT2D eigenvalue weighted by Gasteiger charge is 2.09. The van der Waals surface area contributed by atoms with Gasteiger partial charge in [0, 0.05) is 37.6 Å². The minimum atomic E-state index is -0.0259. The van der Waals surface area contributed by atoms with Gasteiger partial charge in [0.1, 0.15) is 5.82 Å². The lowest BCUT2D eigenvalue weighted by atomic mass is 10.2. The van der Waals surface area contributed by atoms with Crippen LogP contribution in [-0.2, 0) is 13.6 Å². The van der Waals surface area contributed by atoms with E-state index in [9.17, 15) is 4.79 Å². The first-order chi connectivity index (χ1) is 11.0. The van der Waals surface area contributed by atoms with Crippen molar-refractivity contribution < 1.29 is 0 Å². The Hall–Kier alpha value is -2.53. The van der Waals surface area contributed by atoms with Crippen LogP contribution in [0.5, 0.6) is 0 Å². The lowest BCUT2D eigenvalue weighted by Gasteiger charge is -2.06. The molecule has 0 amide bonds. The Bertz CT molecular complexity index is 898. The molecule has 2 aromatic heterocycles. The van der Waals surface area contributed by atoms with Gasteiger partial charge in [-0.15, -0.1) is 0 Å².